The highest BCUT2D eigenvalue weighted by atomic mass is 35.5. The molecule has 2 bridgehead atoms. The van der Waals surface area contributed by atoms with Crippen LogP contribution in [0, 0.1) is 23.7 Å². The van der Waals surface area contributed by atoms with Crippen LogP contribution in [0.5, 0.6) is 0 Å². The standard InChI is InChI=1S/C43H70ClNO12/c1-13-31(46)43(10,50)38-24(4)34-22(2)19-42(9,57-34)37(56-40-33(47)30(18-23(3)52-40)45(11)21-28-16-14-15-17-29(28)44)25(5)35(26(6)39(49)55-38)54-32-20-41(8,51-12)36(48)27(7)53-32/h14-17,22-27,30-38,40,46-48,50H,13,18-21H2,1-12H3/t22?,23?,24-,25-,26+,27?,30?,31+,32-,33?,34?,35-,36-,37+,38+,40-,41?,42+,43+/m0/s1. The number of ether oxygens (including phenoxy) is 7. The van der Waals surface area contributed by atoms with Gasteiger partial charge in [-0.05, 0) is 85.4 Å². The van der Waals surface area contributed by atoms with Crippen molar-refractivity contribution in [2.45, 2.75) is 192 Å². The first-order valence-corrected chi connectivity index (χ1v) is 21.2. The molecule has 4 aliphatic heterocycles. The lowest BCUT2D eigenvalue weighted by Crippen LogP contribution is -2.60. The summed E-state index contributed by atoms with van der Waals surface area (Å²) in [6, 6.07) is 7.29. The SMILES string of the molecule is CC[C@@H](O)[C@@](C)(O)[C@@H]1OC(=O)[C@H](C)[C@@H](O[C@H]2CC(C)(OC)[C@@H](O)C(C)O2)[C@H](C)[C@@H](O[C@@H]2OC(C)CC(N(C)Cc3ccccc3Cl)C2O)[C@@]2(C)CC(C)C(O2)[C@@H]1C. The number of aliphatic hydroxyl groups is 4. The van der Waals surface area contributed by atoms with E-state index in [4.69, 9.17) is 44.8 Å². The third-order valence-electron chi connectivity index (χ3n) is 13.7. The summed E-state index contributed by atoms with van der Waals surface area (Å²) >= 11 is 6.53. The summed E-state index contributed by atoms with van der Waals surface area (Å²) in [6.07, 6.45) is -8.00. The second kappa shape index (κ2) is 18.3. The Morgan fingerprint density at radius 3 is 2.33 bits per heavy atom. The maximum atomic E-state index is 14.4. The Balaban J connectivity index is 1.56. The predicted octanol–water partition coefficient (Wildman–Crippen LogP) is 4.85. The fourth-order valence-electron chi connectivity index (χ4n) is 10.1. The van der Waals surface area contributed by atoms with E-state index in [1.165, 1.54) is 14.0 Å². The van der Waals surface area contributed by atoms with E-state index in [2.05, 4.69) is 11.8 Å². The molecular weight excluding hydrogens is 758 g/mol. The van der Waals surface area contributed by atoms with Gasteiger partial charge in [-0.25, -0.2) is 0 Å². The molecule has 0 radical (unpaired) electrons. The minimum Gasteiger partial charge on any atom is -0.459 e. The van der Waals surface area contributed by atoms with Gasteiger partial charge in [-0.15, -0.1) is 0 Å². The number of carbonyl (C=O) groups excluding carboxylic acids is 1. The Kier molecular flexibility index (Phi) is 14.9. The van der Waals surface area contributed by atoms with E-state index in [1.807, 2.05) is 59.0 Å². The number of hydrogen-bond acceptors (Lipinski definition) is 13. The first kappa shape index (κ1) is 46.6. The zero-order valence-electron chi connectivity index (χ0n) is 36.0. The van der Waals surface area contributed by atoms with Crippen LogP contribution in [0.2, 0.25) is 5.02 Å². The molecule has 4 aliphatic rings. The summed E-state index contributed by atoms with van der Waals surface area (Å²) in [5.41, 5.74) is -2.88. The highest BCUT2D eigenvalue weighted by Gasteiger charge is 2.59. The molecule has 4 saturated heterocycles. The van der Waals surface area contributed by atoms with Gasteiger partial charge in [0.1, 0.15) is 23.9 Å². The monoisotopic (exact) mass is 827 g/mol. The molecule has 1 aromatic rings. The Labute approximate surface area is 344 Å². The number of hydrogen-bond donors (Lipinski definition) is 4. The summed E-state index contributed by atoms with van der Waals surface area (Å²) < 4.78 is 45.6. The lowest BCUT2D eigenvalue weighted by atomic mass is 9.76. The topological polar surface area (TPSA) is 166 Å². The molecule has 14 heteroatoms. The van der Waals surface area contributed by atoms with Crippen molar-refractivity contribution in [3.63, 3.8) is 0 Å². The van der Waals surface area contributed by atoms with Gasteiger partial charge in [-0.1, -0.05) is 57.5 Å². The van der Waals surface area contributed by atoms with E-state index in [-0.39, 0.29) is 30.9 Å². The summed E-state index contributed by atoms with van der Waals surface area (Å²) in [7, 11) is 3.48. The summed E-state index contributed by atoms with van der Waals surface area (Å²) in [4.78, 5) is 16.5. The first-order valence-electron chi connectivity index (χ1n) is 20.8. The van der Waals surface area contributed by atoms with Crippen LogP contribution in [0.15, 0.2) is 24.3 Å². The van der Waals surface area contributed by atoms with Crippen LogP contribution in [-0.2, 0) is 44.5 Å². The number of likely N-dealkylation sites (N-methyl/N-ethyl adjacent to an activating group) is 1. The average molecular weight is 828 g/mol. The minimum atomic E-state index is -1.81. The molecule has 1 aromatic carbocycles. The fourth-order valence-corrected chi connectivity index (χ4v) is 10.3. The van der Waals surface area contributed by atoms with Crippen molar-refractivity contribution in [3.05, 3.63) is 34.9 Å². The van der Waals surface area contributed by atoms with Gasteiger partial charge < -0.3 is 53.6 Å². The third kappa shape index (κ3) is 9.55. The van der Waals surface area contributed by atoms with Gasteiger partial charge in [0.25, 0.3) is 0 Å². The average Bonchev–Trinajstić information content (AvgIpc) is 3.48. The van der Waals surface area contributed by atoms with E-state index in [0.717, 1.165) is 5.56 Å². The van der Waals surface area contributed by atoms with Crippen LogP contribution in [0.25, 0.3) is 0 Å². The van der Waals surface area contributed by atoms with Gasteiger partial charge >= 0.3 is 5.97 Å². The molecule has 7 unspecified atom stereocenters. The second-order valence-corrected chi connectivity index (χ2v) is 18.7. The molecule has 326 valence electrons. The normalized spacial score (nSPS) is 44.9. The number of rotatable bonds is 11. The fraction of sp³-hybridized carbons (Fsp3) is 0.837. The molecule has 4 heterocycles. The highest BCUT2D eigenvalue weighted by Crippen LogP contribution is 2.48. The van der Waals surface area contributed by atoms with Gasteiger partial charge in [-0.2, -0.15) is 0 Å². The number of carbonyl (C=O) groups is 1. The number of cyclic esters (lactones) is 1. The number of esters is 1. The van der Waals surface area contributed by atoms with Crippen LogP contribution < -0.4 is 0 Å². The van der Waals surface area contributed by atoms with E-state index in [1.54, 1.807) is 27.7 Å². The molecule has 4 N–H and O–H groups in total. The van der Waals surface area contributed by atoms with Crippen molar-refractivity contribution < 1.29 is 58.4 Å². The van der Waals surface area contributed by atoms with Crippen molar-refractivity contribution in [2.75, 3.05) is 14.2 Å². The van der Waals surface area contributed by atoms with Crippen molar-refractivity contribution in [1.29, 1.82) is 0 Å². The first-order chi connectivity index (χ1) is 26.6. The van der Waals surface area contributed by atoms with Crippen LogP contribution in [0.4, 0.5) is 0 Å². The van der Waals surface area contributed by atoms with Gasteiger partial charge in [-0.3, -0.25) is 9.69 Å². The quantitative estimate of drug-likeness (QED) is 0.224. The molecule has 13 nitrogen and oxygen atoms in total. The minimum absolute atomic E-state index is 0.0904. The molecule has 57 heavy (non-hydrogen) atoms. The van der Waals surface area contributed by atoms with Crippen LogP contribution >= 0.6 is 11.6 Å². The zero-order chi connectivity index (χ0) is 42.4. The maximum absolute atomic E-state index is 14.4. The number of fused-ring (bicyclic) bond motifs is 2. The molecule has 5 rings (SSSR count). The predicted molar refractivity (Wildman–Crippen MR) is 213 cm³/mol. The van der Waals surface area contributed by atoms with Gasteiger partial charge in [0, 0.05) is 43.0 Å². The van der Waals surface area contributed by atoms with Gasteiger partial charge in [0.15, 0.2) is 12.6 Å². The smallest absolute Gasteiger partial charge is 0.311 e. The lowest BCUT2D eigenvalue weighted by molar-refractivity contribution is -0.318. The number of aliphatic hydroxyl groups excluding tert-OH is 3. The summed E-state index contributed by atoms with van der Waals surface area (Å²) in [6.45, 7) is 18.8. The molecule has 0 aliphatic carbocycles. The molecule has 0 saturated carbocycles. The van der Waals surface area contributed by atoms with Crippen LogP contribution in [0.3, 0.4) is 0 Å². The van der Waals surface area contributed by atoms with Gasteiger partial charge in [0.05, 0.1) is 53.7 Å². The van der Waals surface area contributed by atoms with E-state index in [0.29, 0.717) is 24.4 Å². The number of nitrogens with zero attached hydrogens (tertiary/aromatic N) is 1. The van der Waals surface area contributed by atoms with Crippen molar-refractivity contribution in [1.82, 2.24) is 4.90 Å². The Hall–Kier alpha value is -1.46. The third-order valence-corrected chi connectivity index (χ3v) is 14.0. The maximum Gasteiger partial charge on any atom is 0.311 e. The van der Waals surface area contributed by atoms with E-state index in [9.17, 15) is 25.2 Å². The van der Waals surface area contributed by atoms with Crippen molar-refractivity contribution in [2.24, 2.45) is 23.7 Å². The Bertz CT molecular complexity index is 1500. The zero-order valence-corrected chi connectivity index (χ0v) is 36.7. The number of benzene rings is 1. The number of methoxy groups -OCH3 is 1. The molecule has 0 amide bonds. The van der Waals surface area contributed by atoms with E-state index < -0.39 is 102 Å². The van der Waals surface area contributed by atoms with Gasteiger partial charge in [0.2, 0.25) is 0 Å². The van der Waals surface area contributed by atoms with E-state index >= 15 is 0 Å². The van der Waals surface area contributed by atoms with Crippen molar-refractivity contribution >= 4 is 17.6 Å². The highest BCUT2D eigenvalue weighted by molar-refractivity contribution is 6.31. The Morgan fingerprint density at radius 2 is 1.70 bits per heavy atom. The number of halogens is 1. The summed E-state index contributed by atoms with van der Waals surface area (Å²) in [5, 5.41) is 46.7. The van der Waals surface area contributed by atoms with Crippen molar-refractivity contribution in [3.8, 4) is 0 Å². The molecule has 19 atom stereocenters. The molecule has 0 spiro atoms. The lowest BCUT2D eigenvalue weighted by Gasteiger charge is -2.48. The Morgan fingerprint density at radius 1 is 1.04 bits per heavy atom. The molecule has 4 fully saturated rings. The largest absolute Gasteiger partial charge is 0.459 e. The molecular formula is C43H70ClNO12. The second-order valence-electron chi connectivity index (χ2n) is 18.3. The summed E-state index contributed by atoms with van der Waals surface area (Å²) in [5.74, 6) is -2.83. The van der Waals surface area contributed by atoms with Crippen LogP contribution in [0.1, 0.15) is 100 Å². The van der Waals surface area contributed by atoms with Crippen LogP contribution in [-0.4, -0.2) is 136 Å². The molecule has 0 aromatic heterocycles.